The Hall–Kier alpha value is -2.18. The maximum absolute atomic E-state index is 13.1. The van der Waals surface area contributed by atoms with E-state index >= 15 is 0 Å². The summed E-state index contributed by atoms with van der Waals surface area (Å²) in [7, 11) is 0. The lowest BCUT2D eigenvalue weighted by atomic mass is 10.2. The normalized spacial score (nSPS) is 11.2. The van der Waals surface area contributed by atoms with E-state index in [1.54, 1.807) is 0 Å². The van der Waals surface area contributed by atoms with Crippen molar-refractivity contribution in [3.05, 3.63) is 35.4 Å². The molecule has 86 valence electrons. The van der Waals surface area contributed by atoms with Gasteiger partial charge in [0.15, 0.2) is 5.96 Å². The molecule has 1 aromatic carbocycles. The summed E-state index contributed by atoms with van der Waals surface area (Å²) in [5, 5.41) is 0. The molecule has 0 unspecified atom stereocenters. The number of halogens is 2. The number of benzene rings is 1. The van der Waals surface area contributed by atoms with Crippen LogP contribution in [-0.4, -0.2) is 11.9 Å². The standard InChI is InChI=1S/C9H11F2N5/c10-6-2-1-5(7(11)3-6)4-15-9(14)16-8(12)13/h1-3H,4H2,(H6,12,13,14,15,16). The number of rotatable bonds is 2. The predicted molar refractivity (Wildman–Crippen MR) is 57.5 cm³/mol. The lowest BCUT2D eigenvalue weighted by Crippen LogP contribution is -2.26. The van der Waals surface area contributed by atoms with Crippen molar-refractivity contribution < 1.29 is 8.78 Å². The summed E-state index contributed by atoms with van der Waals surface area (Å²) in [5.74, 6) is -1.74. The highest BCUT2D eigenvalue weighted by atomic mass is 19.1. The summed E-state index contributed by atoms with van der Waals surface area (Å²) in [6.07, 6.45) is 0. The van der Waals surface area contributed by atoms with E-state index in [2.05, 4.69) is 9.98 Å². The fourth-order valence-corrected chi connectivity index (χ4v) is 0.984. The van der Waals surface area contributed by atoms with Crippen LogP contribution in [0.1, 0.15) is 5.56 Å². The summed E-state index contributed by atoms with van der Waals surface area (Å²) >= 11 is 0. The molecule has 0 aliphatic rings. The second-order valence-electron chi connectivity index (χ2n) is 2.95. The molecule has 16 heavy (non-hydrogen) atoms. The van der Waals surface area contributed by atoms with Crippen molar-refractivity contribution in [2.45, 2.75) is 6.54 Å². The van der Waals surface area contributed by atoms with Gasteiger partial charge >= 0.3 is 0 Å². The van der Waals surface area contributed by atoms with Crippen LogP contribution in [-0.2, 0) is 6.54 Å². The summed E-state index contributed by atoms with van der Waals surface area (Å²) < 4.78 is 25.7. The van der Waals surface area contributed by atoms with Crippen LogP contribution in [0.2, 0.25) is 0 Å². The molecule has 0 fully saturated rings. The largest absolute Gasteiger partial charge is 0.370 e. The van der Waals surface area contributed by atoms with Gasteiger partial charge in [0.2, 0.25) is 5.96 Å². The van der Waals surface area contributed by atoms with Crippen LogP contribution in [0.15, 0.2) is 28.2 Å². The average molecular weight is 227 g/mol. The van der Waals surface area contributed by atoms with Crippen molar-refractivity contribution in [2.75, 3.05) is 0 Å². The fraction of sp³-hybridized carbons (Fsp3) is 0.111. The van der Waals surface area contributed by atoms with Crippen molar-refractivity contribution in [1.82, 2.24) is 0 Å². The van der Waals surface area contributed by atoms with E-state index in [-0.39, 0.29) is 24.0 Å². The molecule has 0 radical (unpaired) electrons. The minimum Gasteiger partial charge on any atom is -0.370 e. The summed E-state index contributed by atoms with van der Waals surface area (Å²) in [4.78, 5) is 7.15. The number of guanidine groups is 2. The maximum Gasteiger partial charge on any atom is 0.218 e. The molecule has 1 rings (SSSR count). The Kier molecular flexibility index (Phi) is 3.76. The average Bonchev–Trinajstić information content (AvgIpc) is 2.15. The molecule has 0 spiro atoms. The molecule has 0 atom stereocenters. The van der Waals surface area contributed by atoms with E-state index in [4.69, 9.17) is 17.2 Å². The van der Waals surface area contributed by atoms with Crippen molar-refractivity contribution in [3.8, 4) is 0 Å². The van der Waals surface area contributed by atoms with Gasteiger partial charge in [-0.05, 0) is 6.07 Å². The summed E-state index contributed by atoms with van der Waals surface area (Å²) in [5.41, 5.74) is 15.6. The van der Waals surface area contributed by atoms with Gasteiger partial charge in [-0.15, -0.1) is 0 Å². The minimum absolute atomic E-state index is 0.0608. The van der Waals surface area contributed by atoms with Gasteiger partial charge in [-0.1, -0.05) is 6.07 Å². The molecule has 0 aliphatic heterocycles. The van der Waals surface area contributed by atoms with Crippen LogP contribution in [0.3, 0.4) is 0 Å². The maximum atomic E-state index is 13.1. The molecule has 0 bridgehead atoms. The second-order valence-corrected chi connectivity index (χ2v) is 2.95. The molecule has 0 aliphatic carbocycles. The molecule has 0 aromatic heterocycles. The molecule has 0 saturated heterocycles. The van der Waals surface area contributed by atoms with Gasteiger partial charge in [-0.3, -0.25) is 0 Å². The van der Waals surface area contributed by atoms with Crippen LogP contribution in [0.5, 0.6) is 0 Å². The lowest BCUT2D eigenvalue weighted by Gasteiger charge is -1.99. The van der Waals surface area contributed by atoms with Crippen LogP contribution >= 0.6 is 0 Å². The molecular weight excluding hydrogens is 216 g/mol. The zero-order chi connectivity index (χ0) is 12.1. The molecular formula is C9H11F2N5. The number of aliphatic imine (C=N–C) groups is 2. The zero-order valence-corrected chi connectivity index (χ0v) is 8.32. The highest BCUT2D eigenvalue weighted by molar-refractivity contribution is 5.92. The summed E-state index contributed by atoms with van der Waals surface area (Å²) in [6, 6.07) is 3.17. The molecule has 6 N–H and O–H groups in total. The first-order chi connectivity index (χ1) is 7.49. The topological polar surface area (TPSA) is 103 Å². The molecule has 0 saturated carbocycles. The summed E-state index contributed by atoms with van der Waals surface area (Å²) in [6.45, 7) is -0.0608. The van der Waals surface area contributed by atoms with Crippen molar-refractivity contribution in [3.63, 3.8) is 0 Å². The van der Waals surface area contributed by atoms with E-state index in [1.165, 1.54) is 6.07 Å². The van der Waals surface area contributed by atoms with E-state index < -0.39 is 11.6 Å². The van der Waals surface area contributed by atoms with E-state index in [9.17, 15) is 8.78 Å². The molecule has 1 aromatic rings. The number of nitrogens with zero attached hydrogens (tertiary/aromatic N) is 2. The highest BCUT2D eigenvalue weighted by Crippen LogP contribution is 2.10. The Balaban J connectivity index is 2.78. The fourth-order valence-electron chi connectivity index (χ4n) is 0.984. The number of nitrogens with two attached hydrogens (primary N) is 3. The Morgan fingerprint density at radius 3 is 2.44 bits per heavy atom. The first kappa shape index (κ1) is 11.9. The second kappa shape index (κ2) is 5.06. The van der Waals surface area contributed by atoms with Gasteiger partial charge < -0.3 is 17.2 Å². The molecule has 0 amide bonds. The van der Waals surface area contributed by atoms with Gasteiger partial charge in [0.25, 0.3) is 0 Å². The first-order valence-corrected chi connectivity index (χ1v) is 4.32. The SMILES string of the molecule is NC(N)=NC(N)=NCc1ccc(F)cc1F. The smallest absolute Gasteiger partial charge is 0.218 e. The zero-order valence-electron chi connectivity index (χ0n) is 8.32. The van der Waals surface area contributed by atoms with E-state index in [1.807, 2.05) is 0 Å². The monoisotopic (exact) mass is 227 g/mol. The quantitative estimate of drug-likeness (QED) is 0.491. The van der Waals surface area contributed by atoms with E-state index in [0.717, 1.165) is 12.1 Å². The predicted octanol–water partition coefficient (Wildman–Crippen LogP) is 0.0529. The number of hydrogen-bond donors (Lipinski definition) is 3. The van der Waals surface area contributed by atoms with Crippen molar-refractivity contribution >= 4 is 11.9 Å². The van der Waals surface area contributed by atoms with Crippen molar-refractivity contribution in [1.29, 1.82) is 0 Å². The molecule has 7 heteroatoms. The van der Waals surface area contributed by atoms with Gasteiger partial charge in [0, 0.05) is 11.6 Å². The van der Waals surface area contributed by atoms with Crippen molar-refractivity contribution in [2.24, 2.45) is 27.2 Å². The van der Waals surface area contributed by atoms with E-state index in [0.29, 0.717) is 0 Å². The number of hydrogen-bond acceptors (Lipinski definition) is 1. The van der Waals surface area contributed by atoms with Crippen LogP contribution in [0, 0.1) is 11.6 Å². The van der Waals surface area contributed by atoms with Crippen LogP contribution in [0.25, 0.3) is 0 Å². The highest BCUT2D eigenvalue weighted by Gasteiger charge is 2.02. The van der Waals surface area contributed by atoms with Crippen LogP contribution < -0.4 is 17.2 Å². The minimum atomic E-state index is -0.693. The molecule has 5 nitrogen and oxygen atoms in total. The van der Waals surface area contributed by atoms with Crippen LogP contribution in [0.4, 0.5) is 8.78 Å². The first-order valence-electron chi connectivity index (χ1n) is 4.32. The third-order valence-corrected chi connectivity index (χ3v) is 1.67. The third-order valence-electron chi connectivity index (χ3n) is 1.67. The van der Waals surface area contributed by atoms with Gasteiger partial charge in [-0.2, -0.15) is 4.99 Å². The Labute approximate surface area is 90.7 Å². The molecule has 0 heterocycles. The van der Waals surface area contributed by atoms with Gasteiger partial charge in [0.1, 0.15) is 11.6 Å². The Bertz CT molecular complexity index is 438. The third kappa shape index (κ3) is 3.52. The lowest BCUT2D eigenvalue weighted by molar-refractivity contribution is 0.572. The van der Waals surface area contributed by atoms with Gasteiger partial charge in [0.05, 0.1) is 6.54 Å². The Morgan fingerprint density at radius 1 is 1.19 bits per heavy atom. The van der Waals surface area contributed by atoms with Gasteiger partial charge in [-0.25, -0.2) is 13.8 Å². The Morgan fingerprint density at radius 2 is 1.88 bits per heavy atom.